The topological polar surface area (TPSA) is 85.3 Å². The summed E-state index contributed by atoms with van der Waals surface area (Å²) in [6.07, 6.45) is 1.46. The molecule has 1 N–H and O–H groups in total. The first-order chi connectivity index (χ1) is 16.3. The second kappa shape index (κ2) is 9.85. The van der Waals surface area contributed by atoms with Crippen molar-refractivity contribution in [1.82, 2.24) is 4.90 Å². The Bertz CT molecular complexity index is 1140. The highest BCUT2D eigenvalue weighted by Crippen LogP contribution is 2.42. The molecule has 2 fully saturated rings. The van der Waals surface area contributed by atoms with E-state index >= 15 is 0 Å². The van der Waals surface area contributed by atoms with Crippen LogP contribution in [0, 0.1) is 12.7 Å². The van der Waals surface area contributed by atoms with Gasteiger partial charge in [0, 0.05) is 18.7 Å². The second-order valence-electron chi connectivity index (χ2n) is 8.39. The maximum atomic E-state index is 13.8. The first-order valence-electron chi connectivity index (χ1n) is 11.3. The Kier molecular flexibility index (Phi) is 6.88. The highest BCUT2D eigenvalue weighted by atomic mass is 19.1. The normalized spacial score (nSPS) is 21.8. The van der Waals surface area contributed by atoms with Gasteiger partial charge in [0.15, 0.2) is 11.5 Å². The van der Waals surface area contributed by atoms with Crippen LogP contribution in [0.25, 0.3) is 5.76 Å². The summed E-state index contributed by atoms with van der Waals surface area (Å²) in [7, 11) is 1.51. The van der Waals surface area contributed by atoms with E-state index in [-0.39, 0.29) is 29.5 Å². The average Bonchev–Trinajstić information content (AvgIpc) is 3.43. The van der Waals surface area contributed by atoms with Gasteiger partial charge in [-0.05, 0) is 68.1 Å². The smallest absolute Gasteiger partial charge is 0.295 e. The maximum Gasteiger partial charge on any atom is 0.295 e. The molecule has 1 amide bonds. The minimum atomic E-state index is -0.862. The zero-order valence-corrected chi connectivity index (χ0v) is 19.5. The molecule has 4 rings (SSSR count). The molecule has 2 atom stereocenters. The van der Waals surface area contributed by atoms with Crippen molar-refractivity contribution >= 4 is 17.4 Å². The summed E-state index contributed by atoms with van der Waals surface area (Å²) in [6.45, 7) is 4.68. The lowest BCUT2D eigenvalue weighted by Gasteiger charge is -2.28. The van der Waals surface area contributed by atoms with Crippen LogP contribution < -0.4 is 9.47 Å². The number of halogens is 1. The van der Waals surface area contributed by atoms with Gasteiger partial charge in [-0.3, -0.25) is 9.59 Å². The van der Waals surface area contributed by atoms with E-state index in [1.54, 1.807) is 25.1 Å². The number of rotatable bonds is 7. The van der Waals surface area contributed by atoms with E-state index in [4.69, 9.17) is 14.2 Å². The molecular weight excluding hydrogens is 441 g/mol. The van der Waals surface area contributed by atoms with E-state index in [2.05, 4.69) is 0 Å². The van der Waals surface area contributed by atoms with E-state index in [1.165, 1.54) is 30.2 Å². The molecule has 2 aromatic carbocycles. The molecule has 34 heavy (non-hydrogen) atoms. The Labute approximate surface area is 197 Å². The molecule has 0 radical (unpaired) electrons. The lowest BCUT2D eigenvalue weighted by molar-refractivity contribution is -0.140. The van der Waals surface area contributed by atoms with E-state index in [9.17, 15) is 19.1 Å². The van der Waals surface area contributed by atoms with Crippen LogP contribution in [0.5, 0.6) is 11.5 Å². The Morgan fingerprint density at radius 1 is 1.21 bits per heavy atom. The number of aliphatic hydroxyl groups is 1. The van der Waals surface area contributed by atoms with Gasteiger partial charge in [0.25, 0.3) is 11.7 Å². The number of carbonyl (C=O) groups is 2. The van der Waals surface area contributed by atoms with Crippen molar-refractivity contribution in [1.29, 1.82) is 0 Å². The molecule has 2 aliphatic heterocycles. The summed E-state index contributed by atoms with van der Waals surface area (Å²) in [5, 5.41) is 11.2. The number of benzene rings is 2. The summed E-state index contributed by atoms with van der Waals surface area (Å²) >= 11 is 0. The summed E-state index contributed by atoms with van der Waals surface area (Å²) in [5.41, 5.74) is 1.10. The van der Waals surface area contributed by atoms with E-state index in [1.807, 2.05) is 6.92 Å². The van der Waals surface area contributed by atoms with Crippen molar-refractivity contribution in [2.45, 2.75) is 38.8 Å². The van der Waals surface area contributed by atoms with Crippen LogP contribution in [0.1, 0.15) is 42.5 Å². The molecule has 2 aromatic rings. The van der Waals surface area contributed by atoms with Gasteiger partial charge in [-0.2, -0.15) is 0 Å². The van der Waals surface area contributed by atoms with Crippen LogP contribution in [0.3, 0.4) is 0 Å². The Morgan fingerprint density at radius 2 is 2.00 bits per heavy atom. The van der Waals surface area contributed by atoms with Crippen molar-refractivity contribution in [2.75, 3.05) is 26.9 Å². The summed E-state index contributed by atoms with van der Waals surface area (Å²) in [5.74, 6) is -1.32. The Morgan fingerprint density at radius 3 is 2.65 bits per heavy atom. The van der Waals surface area contributed by atoms with Gasteiger partial charge < -0.3 is 24.2 Å². The quantitative estimate of drug-likeness (QED) is 0.373. The van der Waals surface area contributed by atoms with Gasteiger partial charge in [0.1, 0.15) is 11.6 Å². The van der Waals surface area contributed by atoms with Gasteiger partial charge in [-0.15, -0.1) is 0 Å². The molecule has 180 valence electrons. The van der Waals surface area contributed by atoms with Crippen molar-refractivity contribution in [2.24, 2.45) is 0 Å². The maximum absolute atomic E-state index is 13.8. The fourth-order valence-electron chi connectivity index (χ4n) is 4.50. The lowest BCUT2D eigenvalue weighted by atomic mass is 9.94. The van der Waals surface area contributed by atoms with Crippen LogP contribution in [0.15, 0.2) is 42.0 Å². The van der Waals surface area contributed by atoms with Crippen molar-refractivity contribution in [3.63, 3.8) is 0 Å². The Balaban J connectivity index is 1.85. The number of aliphatic hydroxyl groups excluding tert-OH is 1. The van der Waals surface area contributed by atoms with E-state index in [0.29, 0.717) is 35.8 Å². The highest BCUT2D eigenvalue weighted by Gasteiger charge is 2.47. The number of nitrogens with zero attached hydrogens (tertiary/aromatic N) is 1. The van der Waals surface area contributed by atoms with Crippen LogP contribution >= 0.6 is 0 Å². The molecule has 0 spiro atoms. The summed E-state index contributed by atoms with van der Waals surface area (Å²) in [6, 6.07) is 8.37. The minimum Gasteiger partial charge on any atom is -0.507 e. The van der Waals surface area contributed by atoms with Crippen molar-refractivity contribution in [3.05, 3.63) is 64.5 Å². The molecule has 0 bridgehead atoms. The zero-order valence-electron chi connectivity index (χ0n) is 19.5. The minimum absolute atomic E-state index is 0.0554. The standard InChI is InChI=1S/C26H28FNO6/c1-4-33-20-10-8-16(13-21(20)32-3)23-22(24(29)17-7-9-19(27)15(2)12-17)25(30)26(31)28(23)14-18-6-5-11-34-18/h7-10,12-13,18,23,29H,4-6,11,14H2,1-3H3/b24-22-. The number of carbonyl (C=O) groups excluding carboxylic acids is 2. The van der Waals surface area contributed by atoms with Gasteiger partial charge in [-0.1, -0.05) is 6.07 Å². The van der Waals surface area contributed by atoms with Crippen molar-refractivity contribution < 1.29 is 33.3 Å². The van der Waals surface area contributed by atoms with Crippen LogP contribution in [-0.2, 0) is 14.3 Å². The average molecular weight is 470 g/mol. The number of methoxy groups -OCH3 is 1. The predicted octanol–water partition coefficient (Wildman–Crippen LogP) is 4.14. The van der Waals surface area contributed by atoms with E-state index in [0.717, 1.165) is 12.8 Å². The van der Waals surface area contributed by atoms with Gasteiger partial charge >= 0.3 is 0 Å². The first kappa shape index (κ1) is 23.8. The number of amides is 1. The Hall–Kier alpha value is -3.39. The van der Waals surface area contributed by atoms with Crippen molar-refractivity contribution in [3.8, 4) is 11.5 Å². The molecule has 7 nitrogen and oxygen atoms in total. The third kappa shape index (κ3) is 4.37. The van der Waals surface area contributed by atoms with Gasteiger partial charge in [-0.25, -0.2) is 4.39 Å². The largest absolute Gasteiger partial charge is 0.507 e. The number of aryl methyl sites for hydroxylation is 1. The number of hydrogen-bond acceptors (Lipinski definition) is 6. The number of ether oxygens (including phenoxy) is 3. The van der Waals surface area contributed by atoms with Gasteiger partial charge in [0.05, 0.1) is 31.4 Å². The SMILES string of the molecule is CCOc1ccc(C2/C(=C(/O)c3ccc(F)c(C)c3)C(=O)C(=O)N2CC2CCCO2)cc1OC. The first-order valence-corrected chi connectivity index (χ1v) is 11.3. The molecule has 2 heterocycles. The predicted molar refractivity (Wildman–Crippen MR) is 123 cm³/mol. The molecule has 2 aliphatic rings. The zero-order chi connectivity index (χ0) is 24.4. The van der Waals surface area contributed by atoms with E-state index < -0.39 is 23.5 Å². The fraction of sp³-hybridized carbons (Fsp3) is 0.385. The number of Topliss-reactive ketones (excluding diaryl/α,β-unsaturated/α-hetero) is 1. The highest BCUT2D eigenvalue weighted by molar-refractivity contribution is 6.46. The monoisotopic (exact) mass is 469 g/mol. The number of likely N-dealkylation sites (tertiary alicyclic amines) is 1. The molecule has 2 saturated heterocycles. The van der Waals surface area contributed by atoms with Crippen LogP contribution in [-0.4, -0.2) is 54.7 Å². The third-order valence-corrected chi connectivity index (χ3v) is 6.20. The molecular formula is C26H28FNO6. The second-order valence-corrected chi connectivity index (χ2v) is 8.39. The molecule has 0 aliphatic carbocycles. The molecule has 8 heteroatoms. The van der Waals surface area contributed by atoms with Crippen LogP contribution in [0.4, 0.5) is 4.39 Å². The lowest BCUT2D eigenvalue weighted by Crippen LogP contribution is -2.36. The number of hydrogen-bond donors (Lipinski definition) is 1. The third-order valence-electron chi connectivity index (χ3n) is 6.20. The van der Waals surface area contributed by atoms with Crippen LogP contribution in [0.2, 0.25) is 0 Å². The number of ketones is 1. The summed E-state index contributed by atoms with van der Waals surface area (Å²) in [4.78, 5) is 27.8. The molecule has 0 saturated carbocycles. The molecule has 0 aromatic heterocycles. The summed E-state index contributed by atoms with van der Waals surface area (Å²) < 4.78 is 30.6. The molecule has 2 unspecified atom stereocenters. The fourth-order valence-corrected chi connectivity index (χ4v) is 4.50. The van der Waals surface area contributed by atoms with Gasteiger partial charge in [0.2, 0.25) is 0 Å².